The molecule has 0 radical (unpaired) electrons. The van der Waals surface area contributed by atoms with Crippen LogP contribution >= 0.6 is 11.8 Å². The van der Waals surface area contributed by atoms with E-state index in [0.29, 0.717) is 11.3 Å². The van der Waals surface area contributed by atoms with Crippen LogP contribution in [0.5, 0.6) is 0 Å². The van der Waals surface area contributed by atoms with Gasteiger partial charge < -0.3 is 14.2 Å². The molecule has 0 spiro atoms. The van der Waals surface area contributed by atoms with Gasteiger partial charge in [-0.15, -0.1) is 11.8 Å². The molecule has 10 nitrogen and oxygen atoms in total. The summed E-state index contributed by atoms with van der Waals surface area (Å²) in [4.78, 5) is 49.6. The lowest BCUT2D eigenvalue weighted by Gasteiger charge is -2.50. The molecule has 0 N–H and O–H groups in total. The van der Waals surface area contributed by atoms with E-state index in [1.54, 1.807) is 13.8 Å². The Kier molecular flexibility index (Phi) is 7.58. The molecule has 4 rings (SSSR count). The molecule has 2 heterocycles. The van der Waals surface area contributed by atoms with Gasteiger partial charge in [-0.05, 0) is 42.7 Å². The van der Waals surface area contributed by atoms with E-state index in [0.717, 1.165) is 11.1 Å². The minimum atomic E-state index is -0.956. The van der Waals surface area contributed by atoms with Gasteiger partial charge in [0, 0.05) is 17.9 Å². The summed E-state index contributed by atoms with van der Waals surface area (Å²) < 4.78 is 15.9. The summed E-state index contributed by atoms with van der Waals surface area (Å²) in [6.07, 6.45) is -1.74. The van der Waals surface area contributed by atoms with Gasteiger partial charge in [0.15, 0.2) is 0 Å². The van der Waals surface area contributed by atoms with Crippen molar-refractivity contribution < 1.29 is 33.5 Å². The fourth-order valence-electron chi connectivity index (χ4n) is 4.00. The molecule has 0 aromatic heterocycles. The van der Waals surface area contributed by atoms with Crippen molar-refractivity contribution in [2.24, 2.45) is 5.92 Å². The minimum Gasteiger partial charge on any atom is -0.456 e. The third-order valence-electron chi connectivity index (χ3n) is 5.90. The third kappa shape index (κ3) is 5.35. The van der Waals surface area contributed by atoms with Gasteiger partial charge in [0.05, 0.1) is 10.3 Å². The maximum Gasteiger partial charge on any atom is 0.508 e. The first kappa shape index (κ1) is 25.2. The fourth-order valence-corrected chi connectivity index (χ4v) is 5.46. The number of non-ortho nitro benzene ring substituents is 1. The summed E-state index contributed by atoms with van der Waals surface area (Å²) in [5.74, 6) is -0.983. The molecule has 2 aromatic rings. The number of nitro groups is 1. The Morgan fingerprint density at radius 2 is 1.72 bits per heavy atom. The first-order chi connectivity index (χ1) is 17.3. The Morgan fingerprint density at radius 3 is 2.39 bits per heavy atom. The number of carbonyl (C=O) groups excluding carboxylic acids is 3. The van der Waals surface area contributed by atoms with E-state index < -0.39 is 29.1 Å². The van der Waals surface area contributed by atoms with Crippen LogP contribution in [0, 0.1) is 16.0 Å². The van der Waals surface area contributed by atoms with Crippen molar-refractivity contribution in [3.05, 3.63) is 87.1 Å². The number of nitro benzene ring substituents is 1. The number of amides is 1. The van der Waals surface area contributed by atoms with E-state index in [1.165, 1.54) is 40.9 Å². The summed E-state index contributed by atoms with van der Waals surface area (Å²) in [5.41, 5.74) is 2.31. The lowest BCUT2D eigenvalue weighted by atomic mass is 9.91. The number of fused-ring (bicyclic) bond motifs is 1. The largest absolute Gasteiger partial charge is 0.508 e. The zero-order valence-corrected chi connectivity index (χ0v) is 20.4. The van der Waals surface area contributed by atoms with E-state index >= 15 is 0 Å². The molecule has 36 heavy (non-hydrogen) atoms. The zero-order chi connectivity index (χ0) is 25.8. The van der Waals surface area contributed by atoms with Gasteiger partial charge in [-0.1, -0.05) is 30.3 Å². The van der Waals surface area contributed by atoms with Crippen LogP contribution in [0.15, 0.2) is 65.9 Å². The topological polar surface area (TPSA) is 125 Å². The van der Waals surface area contributed by atoms with Crippen LogP contribution in [0.2, 0.25) is 0 Å². The van der Waals surface area contributed by atoms with Gasteiger partial charge in [-0.2, -0.15) is 0 Å². The van der Waals surface area contributed by atoms with Crippen molar-refractivity contribution in [1.29, 1.82) is 0 Å². The van der Waals surface area contributed by atoms with Crippen LogP contribution in [0.1, 0.15) is 25.0 Å². The van der Waals surface area contributed by atoms with Crippen LogP contribution < -0.4 is 0 Å². The van der Waals surface area contributed by atoms with E-state index in [4.69, 9.17) is 14.2 Å². The molecule has 11 heteroatoms. The Labute approximate surface area is 211 Å². The predicted molar refractivity (Wildman–Crippen MR) is 129 cm³/mol. The number of hydrogen-bond donors (Lipinski definition) is 0. The predicted octanol–water partition coefficient (Wildman–Crippen LogP) is 4.19. The van der Waals surface area contributed by atoms with Crippen LogP contribution in [0.3, 0.4) is 0 Å². The van der Waals surface area contributed by atoms with Crippen LogP contribution in [0.25, 0.3) is 0 Å². The van der Waals surface area contributed by atoms with Gasteiger partial charge in [-0.25, -0.2) is 9.59 Å². The second-order valence-corrected chi connectivity index (χ2v) is 9.52. The monoisotopic (exact) mass is 512 g/mol. The highest BCUT2D eigenvalue weighted by Crippen LogP contribution is 2.45. The first-order valence-corrected chi connectivity index (χ1v) is 12.2. The average Bonchev–Trinajstić information content (AvgIpc) is 2.87. The van der Waals surface area contributed by atoms with Crippen LogP contribution in [0.4, 0.5) is 10.5 Å². The summed E-state index contributed by atoms with van der Waals surface area (Å²) in [6.45, 7) is 3.36. The summed E-state index contributed by atoms with van der Waals surface area (Å²) in [5, 5.41) is 10.4. The number of benzene rings is 2. The number of thioether (sulfide) groups is 1. The highest BCUT2D eigenvalue weighted by atomic mass is 32.2. The molecule has 2 aromatic carbocycles. The highest BCUT2D eigenvalue weighted by molar-refractivity contribution is 8.00. The second kappa shape index (κ2) is 10.8. The van der Waals surface area contributed by atoms with Gasteiger partial charge in [0.2, 0.25) is 5.91 Å². The Morgan fingerprint density at radius 1 is 1.08 bits per heavy atom. The molecular formula is C25H24N2O8S. The third-order valence-corrected chi connectivity index (χ3v) is 7.34. The first-order valence-electron chi connectivity index (χ1n) is 11.2. The van der Waals surface area contributed by atoms with Crippen LogP contribution in [-0.2, 0) is 37.0 Å². The molecule has 3 atom stereocenters. The standard InChI is InChI=1S/C25H24N2O8S/c1-15-14-36-23-20(16(2)35-25(30)34-13-18-8-10-19(11-9-18)27(31)32)22(28)26(23)21(15)24(29)33-12-17-6-4-3-5-7-17/h3-11,16,20,23H,12-14H2,1-2H3/t16?,20-,23-/m0/s1. The zero-order valence-electron chi connectivity index (χ0n) is 19.6. The average molecular weight is 513 g/mol. The molecular weight excluding hydrogens is 488 g/mol. The number of ether oxygens (including phenoxy) is 3. The molecule has 0 aliphatic carbocycles. The number of esters is 1. The molecule has 0 saturated carbocycles. The highest BCUT2D eigenvalue weighted by Gasteiger charge is 2.56. The van der Waals surface area contributed by atoms with E-state index in [9.17, 15) is 24.5 Å². The Balaban J connectivity index is 1.31. The maximum absolute atomic E-state index is 13.0. The van der Waals surface area contributed by atoms with E-state index in [2.05, 4.69) is 0 Å². The number of hydrogen-bond acceptors (Lipinski definition) is 9. The van der Waals surface area contributed by atoms with Gasteiger partial charge in [0.1, 0.15) is 30.9 Å². The number of carbonyl (C=O) groups is 3. The molecule has 1 fully saturated rings. The van der Waals surface area contributed by atoms with Gasteiger partial charge in [0.25, 0.3) is 5.69 Å². The van der Waals surface area contributed by atoms with Gasteiger partial charge >= 0.3 is 12.1 Å². The van der Waals surface area contributed by atoms with E-state index in [1.807, 2.05) is 30.3 Å². The molecule has 1 unspecified atom stereocenters. The van der Waals surface area contributed by atoms with Crippen molar-refractivity contribution in [3.8, 4) is 0 Å². The SMILES string of the molecule is CC1=C(C(=O)OCc2ccccc2)N2C(=O)[C@H](C(C)OC(=O)OCc3ccc([N+](=O)[O-])cc3)[C@@H]2SC1. The van der Waals surface area contributed by atoms with Crippen molar-refractivity contribution in [1.82, 2.24) is 4.90 Å². The van der Waals surface area contributed by atoms with E-state index in [-0.39, 0.29) is 35.9 Å². The molecule has 1 saturated heterocycles. The lowest BCUT2D eigenvalue weighted by molar-refractivity contribution is -0.384. The molecule has 1 amide bonds. The van der Waals surface area contributed by atoms with Crippen molar-refractivity contribution in [2.45, 2.75) is 38.5 Å². The number of rotatable bonds is 8. The quantitative estimate of drug-likeness (QED) is 0.222. The summed E-state index contributed by atoms with van der Waals surface area (Å²) in [6, 6.07) is 14.8. The number of nitrogens with zero attached hydrogens (tertiary/aromatic N) is 2. The summed E-state index contributed by atoms with van der Waals surface area (Å²) in [7, 11) is 0. The lowest BCUT2D eigenvalue weighted by Crippen LogP contribution is -2.64. The molecule has 2 aliphatic rings. The maximum atomic E-state index is 13.0. The fraction of sp³-hybridized carbons (Fsp3) is 0.320. The molecule has 188 valence electrons. The molecule has 0 bridgehead atoms. The normalized spacial score (nSPS) is 19.6. The Hall–Kier alpha value is -3.86. The Bertz CT molecular complexity index is 1200. The summed E-state index contributed by atoms with van der Waals surface area (Å²) >= 11 is 1.49. The molecule has 2 aliphatic heterocycles. The van der Waals surface area contributed by atoms with Crippen molar-refractivity contribution in [2.75, 3.05) is 5.75 Å². The van der Waals surface area contributed by atoms with Crippen molar-refractivity contribution in [3.63, 3.8) is 0 Å². The van der Waals surface area contributed by atoms with Crippen LogP contribution in [-0.4, -0.2) is 45.1 Å². The minimum absolute atomic E-state index is 0.0689. The second-order valence-electron chi connectivity index (χ2n) is 8.41. The smallest absolute Gasteiger partial charge is 0.456 e. The number of β-lactam (4-membered cyclic amide) rings is 1. The van der Waals surface area contributed by atoms with Gasteiger partial charge in [-0.3, -0.25) is 19.8 Å². The van der Waals surface area contributed by atoms with Crippen molar-refractivity contribution >= 4 is 35.5 Å².